The van der Waals surface area contributed by atoms with Gasteiger partial charge in [0.15, 0.2) is 5.13 Å². The lowest BCUT2D eigenvalue weighted by atomic mass is 9.99. The summed E-state index contributed by atoms with van der Waals surface area (Å²) in [5.41, 5.74) is 0.769. The first-order valence-corrected chi connectivity index (χ1v) is 9.87. The molecule has 0 radical (unpaired) electrons. The zero-order valence-electron chi connectivity index (χ0n) is 13.9. The van der Waals surface area contributed by atoms with Crippen LogP contribution in [0.3, 0.4) is 0 Å². The Bertz CT molecular complexity index is 632. The Balaban J connectivity index is 1.33. The highest BCUT2D eigenvalue weighted by Gasteiger charge is 2.36. The fourth-order valence-corrected chi connectivity index (χ4v) is 5.06. The van der Waals surface area contributed by atoms with Gasteiger partial charge in [0.05, 0.1) is 12.1 Å². The molecule has 2 atom stereocenters. The third-order valence-electron chi connectivity index (χ3n) is 5.39. The van der Waals surface area contributed by atoms with Crippen LogP contribution in [-0.2, 0) is 16.0 Å². The van der Waals surface area contributed by atoms with Crippen LogP contribution in [0.15, 0.2) is 5.38 Å². The number of nitrogens with one attached hydrogen (secondary N) is 1. The van der Waals surface area contributed by atoms with Gasteiger partial charge in [-0.15, -0.1) is 11.3 Å². The summed E-state index contributed by atoms with van der Waals surface area (Å²) >= 11 is 1.46. The van der Waals surface area contributed by atoms with Crippen LogP contribution in [0.2, 0.25) is 0 Å². The summed E-state index contributed by atoms with van der Waals surface area (Å²) in [7, 11) is 0. The molecule has 2 amide bonds. The number of hydrogen-bond donors (Lipinski definition) is 1. The highest BCUT2D eigenvalue weighted by atomic mass is 32.1. The predicted molar refractivity (Wildman–Crippen MR) is 93.2 cm³/mol. The Kier molecular flexibility index (Phi) is 4.54. The van der Waals surface area contributed by atoms with E-state index in [-0.39, 0.29) is 17.9 Å². The maximum Gasteiger partial charge on any atom is 0.228 e. The number of carbonyl (C=O) groups excluding carboxylic acids is 2. The number of amides is 2. The highest BCUT2D eigenvalue weighted by Crippen LogP contribution is 2.28. The predicted octanol–water partition coefficient (Wildman–Crippen LogP) is 1.56. The molecular formula is C17H24N4O2S. The van der Waals surface area contributed by atoms with Crippen molar-refractivity contribution in [2.75, 3.05) is 24.5 Å². The van der Waals surface area contributed by atoms with Crippen LogP contribution >= 0.6 is 11.3 Å². The van der Waals surface area contributed by atoms with E-state index in [4.69, 9.17) is 0 Å². The molecule has 4 rings (SSSR count). The topological polar surface area (TPSA) is 65.5 Å². The molecule has 3 aliphatic rings. The lowest BCUT2D eigenvalue weighted by Crippen LogP contribution is -2.47. The number of nitrogens with zero attached hydrogens (tertiary/aromatic N) is 3. The molecule has 24 heavy (non-hydrogen) atoms. The minimum Gasteiger partial charge on any atom is -0.351 e. The first kappa shape index (κ1) is 16.0. The summed E-state index contributed by atoms with van der Waals surface area (Å²) in [6.45, 7) is 3.03. The standard InChI is InChI=1S/C17H24N4O2S/c22-15(19-13-6-9-20-7-2-1-4-14(13)20)10-12-11-24-17(18-12)21-8-3-5-16(21)23/h11,13-14H,1-10H2,(H,19,22). The zero-order chi connectivity index (χ0) is 16.5. The Labute approximate surface area is 146 Å². The van der Waals surface area contributed by atoms with Crippen molar-refractivity contribution in [1.29, 1.82) is 0 Å². The normalized spacial score (nSPS) is 27.5. The second-order valence-corrected chi connectivity index (χ2v) is 7.85. The van der Waals surface area contributed by atoms with E-state index in [1.807, 2.05) is 5.38 Å². The Morgan fingerprint density at radius 2 is 2.17 bits per heavy atom. The number of aromatic nitrogens is 1. The minimum atomic E-state index is 0.0528. The van der Waals surface area contributed by atoms with E-state index in [0.29, 0.717) is 18.9 Å². The van der Waals surface area contributed by atoms with E-state index in [1.165, 1.54) is 37.1 Å². The van der Waals surface area contributed by atoms with Crippen molar-refractivity contribution in [3.63, 3.8) is 0 Å². The van der Waals surface area contributed by atoms with Crippen LogP contribution in [0.1, 0.15) is 44.2 Å². The number of carbonyl (C=O) groups is 2. The molecule has 6 nitrogen and oxygen atoms in total. The van der Waals surface area contributed by atoms with Gasteiger partial charge in [0.1, 0.15) is 0 Å². The molecule has 3 aliphatic heterocycles. The van der Waals surface area contributed by atoms with Gasteiger partial charge in [0.25, 0.3) is 0 Å². The van der Waals surface area contributed by atoms with Crippen molar-refractivity contribution in [3.05, 3.63) is 11.1 Å². The maximum absolute atomic E-state index is 12.4. The molecule has 2 unspecified atom stereocenters. The van der Waals surface area contributed by atoms with Crippen LogP contribution in [0, 0.1) is 0 Å². The minimum absolute atomic E-state index is 0.0528. The first-order chi connectivity index (χ1) is 11.7. The fourth-order valence-electron chi connectivity index (χ4n) is 4.19. The summed E-state index contributed by atoms with van der Waals surface area (Å²) in [6.07, 6.45) is 6.62. The average molecular weight is 348 g/mol. The lowest BCUT2D eigenvalue weighted by molar-refractivity contribution is -0.121. The smallest absolute Gasteiger partial charge is 0.228 e. The van der Waals surface area contributed by atoms with Gasteiger partial charge in [-0.05, 0) is 32.2 Å². The molecule has 0 spiro atoms. The Hall–Kier alpha value is -1.47. The van der Waals surface area contributed by atoms with E-state index in [1.54, 1.807) is 4.90 Å². The number of piperidine rings is 1. The van der Waals surface area contributed by atoms with Gasteiger partial charge in [-0.25, -0.2) is 4.98 Å². The first-order valence-electron chi connectivity index (χ1n) is 8.99. The molecule has 130 valence electrons. The van der Waals surface area contributed by atoms with Gasteiger partial charge in [-0.3, -0.25) is 19.4 Å². The molecule has 3 fully saturated rings. The van der Waals surface area contributed by atoms with E-state index in [9.17, 15) is 9.59 Å². The van der Waals surface area contributed by atoms with E-state index >= 15 is 0 Å². The fraction of sp³-hybridized carbons (Fsp3) is 0.706. The summed E-state index contributed by atoms with van der Waals surface area (Å²) in [5.74, 6) is 0.195. The Morgan fingerprint density at radius 3 is 3.00 bits per heavy atom. The van der Waals surface area contributed by atoms with Crippen LogP contribution < -0.4 is 10.2 Å². The van der Waals surface area contributed by atoms with E-state index in [0.717, 1.165) is 36.8 Å². The number of thiazole rings is 1. The van der Waals surface area contributed by atoms with Gasteiger partial charge in [0.2, 0.25) is 11.8 Å². The number of hydrogen-bond acceptors (Lipinski definition) is 5. The van der Waals surface area contributed by atoms with E-state index < -0.39 is 0 Å². The van der Waals surface area contributed by atoms with Gasteiger partial charge >= 0.3 is 0 Å². The van der Waals surface area contributed by atoms with Crippen LogP contribution in [0.25, 0.3) is 0 Å². The molecule has 3 saturated heterocycles. The molecule has 0 bridgehead atoms. The average Bonchev–Trinajstić information content (AvgIpc) is 3.28. The van der Waals surface area contributed by atoms with Gasteiger partial charge < -0.3 is 5.32 Å². The van der Waals surface area contributed by atoms with Crippen molar-refractivity contribution in [3.8, 4) is 0 Å². The van der Waals surface area contributed by atoms with Gasteiger partial charge in [-0.1, -0.05) is 6.42 Å². The zero-order valence-corrected chi connectivity index (χ0v) is 14.7. The number of anilines is 1. The molecule has 1 aromatic heterocycles. The molecule has 0 saturated carbocycles. The highest BCUT2D eigenvalue weighted by molar-refractivity contribution is 7.14. The Morgan fingerprint density at radius 1 is 1.25 bits per heavy atom. The lowest BCUT2D eigenvalue weighted by Gasteiger charge is -2.32. The molecule has 0 aliphatic carbocycles. The second kappa shape index (κ2) is 6.80. The molecule has 1 aromatic rings. The van der Waals surface area contributed by atoms with Gasteiger partial charge in [0, 0.05) is 37.0 Å². The molecule has 0 aromatic carbocycles. The molecule has 7 heteroatoms. The third-order valence-corrected chi connectivity index (χ3v) is 6.30. The van der Waals surface area contributed by atoms with Crippen molar-refractivity contribution in [2.24, 2.45) is 0 Å². The molecule has 4 heterocycles. The summed E-state index contributed by atoms with van der Waals surface area (Å²) in [6, 6.07) is 0.812. The van der Waals surface area contributed by atoms with Gasteiger partial charge in [-0.2, -0.15) is 0 Å². The maximum atomic E-state index is 12.4. The van der Waals surface area contributed by atoms with E-state index in [2.05, 4.69) is 15.2 Å². The monoisotopic (exact) mass is 348 g/mol. The van der Waals surface area contributed by atoms with Crippen molar-refractivity contribution in [2.45, 2.75) is 57.0 Å². The van der Waals surface area contributed by atoms with Crippen molar-refractivity contribution < 1.29 is 9.59 Å². The van der Waals surface area contributed by atoms with Crippen molar-refractivity contribution >= 4 is 28.3 Å². The summed E-state index contributed by atoms with van der Waals surface area (Å²) in [4.78, 5) is 32.9. The second-order valence-electron chi connectivity index (χ2n) is 7.01. The molecule has 1 N–H and O–H groups in total. The quantitative estimate of drug-likeness (QED) is 0.897. The number of rotatable bonds is 4. The number of fused-ring (bicyclic) bond motifs is 1. The van der Waals surface area contributed by atoms with Crippen LogP contribution in [0.5, 0.6) is 0 Å². The molecular weight excluding hydrogens is 324 g/mol. The largest absolute Gasteiger partial charge is 0.351 e. The van der Waals surface area contributed by atoms with Crippen molar-refractivity contribution in [1.82, 2.24) is 15.2 Å². The summed E-state index contributed by atoms with van der Waals surface area (Å²) < 4.78 is 0. The van der Waals surface area contributed by atoms with Crippen LogP contribution in [0.4, 0.5) is 5.13 Å². The summed E-state index contributed by atoms with van der Waals surface area (Å²) in [5, 5.41) is 5.86. The SMILES string of the molecule is O=C(Cc1csc(N2CCCC2=O)n1)NC1CCN2CCCCC12. The van der Waals surface area contributed by atoms with Crippen LogP contribution in [-0.4, -0.2) is 53.4 Å². The third kappa shape index (κ3) is 3.19.